The number of rotatable bonds is 4. The van der Waals surface area contributed by atoms with Crippen molar-refractivity contribution in [2.45, 2.75) is 25.0 Å². The lowest BCUT2D eigenvalue weighted by atomic mass is 9.83. The topological polar surface area (TPSA) is 70.5 Å². The van der Waals surface area contributed by atoms with E-state index in [4.69, 9.17) is 4.74 Å². The molecule has 0 unspecified atom stereocenters. The minimum absolute atomic E-state index is 0.105. The number of aromatic amines is 1. The molecule has 0 radical (unpaired) electrons. The number of aliphatic hydroxyl groups is 1. The van der Waals surface area contributed by atoms with Crippen molar-refractivity contribution in [2.24, 2.45) is 5.92 Å². The van der Waals surface area contributed by atoms with Crippen LogP contribution in [0.3, 0.4) is 0 Å². The van der Waals surface area contributed by atoms with Crippen molar-refractivity contribution < 1.29 is 9.84 Å². The number of pyridine rings is 1. The number of piperidine rings is 1. The molecule has 6 nitrogen and oxygen atoms in total. The predicted molar refractivity (Wildman–Crippen MR) is 108 cm³/mol. The van der Waals surface area contributed by atoms with E-state index in [0.29, 0.717) is 18.4 Å². The lowest BCUT2D eigenvalue weighted by Crippen LogP contribution is -2.48. The molecule has 1 saturated heterocycles. The molecule has 5 rings (SSSR count). The summed E-state index contributed by atoms with van der Waals surface area (Å²) in [4.78, 5) is 17.8. The minimum Gasteiger partial charge on any atom is -0.497 e. The Morgan fingerprint density at radius 1 is 1.25 bits per heavy atom. The normalized spacial score (nSPS) is 22.8. The number of hydrogen-bond acceptors (Lipinski definition) is 4. The van der Waals surface area contributed by atoms with Gasteiger partial charge in [-0.25, -0.2) is 0 Å². The number of H-pyrrole nitrogens is 1. The molecule has 3 atom stereocenters. The van der Waals surface area contributed by atoms with Crippen LogP contribution < -0.4 is 10.3 Å². The van der Waals surface area contributed by atoms with Crippen LogP contribution in [-0.4, -0.2) is 46.3 Å². The van der Waals surface area contributed by atoms with E-state index in [1.807, 2.05) is 35.0 Å². The molecular formula is C22H25N3O3. The molecule has 0 aliphatic carbocycles. The third-order valence-electron chi connectivity index (χ3n) is 6.27. The van der Waals surface area contributed by atoms with Gasteiger partial charge >= 0.3 is 0 Å². The fourth-order valence-electron chi connectivity index (χ4n) is 5.01. The molecule has 146 valence electrons. The number of likely N-dealkylation sites (tertiary alicyclic amines) is 1. The second-order valence-corrected chi connectivity index (χ2v) is 8.09. The third kappa shape index (κ3) is 2.93. The van der Waals surface area contributed by atoms with E-state index in [-0.39, 0.29) is 5.56 Å². The zero-order valence-electron chi connectivity index (χ0n) is 16.0. The molecule has 6 heteroatoms. The zero-order valence-corrected chi connectivity index (χ0v) is 16.0. The fourth-order valence-corrected chi connectivity index (χ4v) is 5.01. The van der Waals surface area contributed by atoms with Crippen LogP contribution in [0.15, 0.2) is 47.4 Å². The van der Waals surface area contributed by atoms with Crippen LogP contribution >= 0.6 is 0 Å². The van der Waals surface area contributed by atoms with Crippen molar-refractivity contribution in [3.63, 3.8) is 0 Å². The van der Waals surface area contributed by atoms with Crippen LogP contribution in [0, 0.1) is 5.92 Å². The third-order valence-corrected chi connectivity index (χ3v) is 6.27. The molecule has 1 aromatic carbocycles. The predicted octanol–water partition coefficient (Wildman–Crippen LogP) is 2.49. The van der Waals surface area contributed by atoms with E-state index >= 15 is 0 Å². The number of ether oxygens (including phenoxy) is 1. The summed E-state index contributed by atoms with van der Waals surface area (Å²) in [7, 11) is 1.65. The average Bonchev–Trinajstić information content (AvgIpc) is 3.12. The molecular weight excluding hydrogens is 354 g/mol. The number of nitrogens with zero attached hydrogens (tertiary/aromatic N) is 2. The zero-order chi connectivity index (χ0) is 19.3. The van der Waals surface area contributed by atoms with E-state index in [1.54, 1.807) is 13.2 Å². The number of β-amino-alcohol motifs (C(OH)–C–C–N with tert-alkyl or cyclic N) is 1. The molecule has 4 heterocycles. The fraction of sp³-hybridized carbons (Fsp3) is 0.409. The summed E-state index contributed by atoms with van der Waals surface area (Å²) in [5.74, 6) is 1.60. The van der Waals surface area contributed by atoms with Gasteiger partial charge in [0.05, 0.1) is 13.2 Å². The number of fused-ring (bicyclic) bond motifs is 5. The van der Waals surface area contributed by atoms with Crippen LogP contribution in [0.25, 0.3) is 10.9 Å². The van der Waals surface area contributed by atoms with Gasteiger partial charge in [0.25, 0.3) is 5.56 Å². The maximum absolute atomic E-state index is 12.2. The van der Waals surface area contributed by atoms with Crippen LogP contribution in [0.4, 0.5) is 0 Å². The Morgan fingerprint density at radius 2 is 2.14 bits per heavy atom. The average molecular weight is 379 g/mol. The summed E-state index contributed by atoms with van der Waals surface area (Å²) >= 11 is 0. The molecule has 0 saturated carbocycles. The lowest BCUT2D eigenvalue weighted by Gasteiger charge is -2.43. The Labute approximate surface area is 163 Å². The molecule has 2 aliphatic rings. The van der Waals surface area contributed by atoms with Crippen LogP contribution in [0.1, 0.15) is 29.7 Å². The molecule has 28 heavy (non-hydrogen) atoms. The molecule has 2 N–H and O–H groups in total. The first-order valence-corrected chi connectivity index (χ1v) is 9.87. The van der Waals surface area contributed by atoms with Crippen molar-refractivity contribution in [3.8, 4) is 5.75 Å². The molecule has 1 fully saturated rings. The molecule has 0 spiro atoms. The Hall–Kier alpha value is -2.57. The number of aromatic nitrogens is 2. The van der Waals surface area contributed by atoms with Gasteiger partial charge in [-0.1, -0.05) is 6.07 Å². The number of benzene rings is 1. The summed E-state index contributed by atoms with van der Waals surface area (Å²) in [5.41, 5.74) is 3.15. The van der Waals surface area contributed by atoms with Gasteiger partial charge in [0.2, 0.25) is 0 Å². The second kappa shape index (κ2) is 6.79. The summed E-state index contributed by atoms with van der Waals surface area (Å²) in [6.07, 6.45) is 2.45. The van der Waals surface area contributed by atoms with E-state index in [9.17, 15) is 9.90 Å². The number of methoxy groups -OCH3 is 1. The van der Waals surface area contributed by atoms with E-state index in [2.05, 4.69) is 16.0 Å². The van der Waals surface area contributed by atoms with Crippen molar-refractivity contribution >= 4 is 10.9 Å². The summed E-state index contributed by atoms with van der Waals surface area (Å²) in [6.45, 7) is 3.17. The van der Waals surface area contributed by atoms with E-state index in [1.165, 1.54) is 0 Å². The van der Waals surface area contributed by atoms with E-state index < -0.39 is 6.10 Å². The number of nitrogens with one attached hydrogen (secondary N) is 1. The highest BCUT2D eigenvalue weighted by molar-refractivity contribution is 5.85. The first-order valence-electron chi connectivity index (χ1n) is 9.87. The van der Waals surface area contributed by atoms with Crippen molar-refractivity contribution in [3.05, 3.63) is 64.2 Å². The molecule has 2 aromatic heterocycles. The van der Waals surface area contributed by atoms with Gasteiger partial charge in [0.15, 0.2) is 0 Å². The maximum atomic E-state index is 12.2. The monoisotopic (exact) mass is 379 g/mol. The quantitative estimate of drug-likeness (QED) is 0.731. The van der Waals surface area contributed by atoms with Crippen molar-refractivity contribution in [2.75, 3.05) is 26.7 Å². The Morgan fingerprint density at radius 3 is 3.00 bits per heavy atom. The molecule has 0 amide bonds. The van der Waals surface area contributed by atoms with Gasteiger partial charge in [-0.15, -0.1) is 0 Å². The summed E-state index contributed by atoms with van der Waals surface area (Å²) < 4.78 is 7.28. The minimum atomic E-state index is -0.572. The van der Waals surface area contributed by atoms with Crippen molar-refractivity contribution in [1.82, 2.24) is 14.5 Å². The van der Waals surface area contributed by atoms with Crippen molar-refractivity contribution in [1.29, 1.82) is 0 Å². The van der Waals surface area contributed by atoms with Gasteiger partial charge in [-0.3, -0.25) is 9.69 Å². The highest BCUT2D eigenvalue weighted by Gasteiger charge is 2.35. The molecule has 2 bridgehead atoms. The Bertz CT molecular complexity index is 1070. The van der Waals surface area contributed by atoms with Crippen LogP contribution in [-0.2, 0) is 6.54 Å². The highest BCUT2D eigenvalue weighted by Crippen LogP contribution is 2.36. The highest BCUT2D eigenvalue weighted by atomic mass is 16.5. The summed E-state index contributed by atoms with van der Waals surface area (Å²) in [5, 5.41) is 12.0. The maximum Gasteiger partial charge on any atom is 0.250 e. The van der Waals surface area contributed by atoms with Gasteiger partial charge in [-0.05, 0) is 36.6 Å². The first kappa shape index (κ1) is 17.5. The number of hydrogen-bond donors (Lipinski definition) is 2. The standard InChI is InChI=1S/C22H25N3O3/c1-28-16-5-6-19-17(8-16)18(9-23-19)21(26)13-24-10-14-7-15(12-24)20-3-2-4-22(27)25(20)11-14/h2-6,8-9,14-15,21,23,26H,7,10-13H2,1H3/t14-,15+,21-/m1/s1. The number of aliphatic hydroxyl groups excluding tert-OH is 1. The largest absolute Gasteiger partial charge is 0.497 e. The lowest BCUT2D eigenvalue weighted by molar-refractivity contribution is 0.0627. The van der Waals surface area contributed by atoms with Gasteiger partial charge in [-0.2, -0.15) is 0 Å². The van der Waals surface area contributed by atoms with Gasteiger partial charge in [0, 0.05) is 66.5 Å². The molecule has 2 aliphatic heterocycles. The SMILES string of the molecule is COc1ccc2[nH]cc([C@H](O)CN3C[C@H]4C[C@@H](C3)c3cccc(=O)n3C4)c2c1. The second-order valence-electron chi connectivity index (χ2n) is 8.09. The van der Waals surface area contributed by atoms with Gasteiger partial charge < -0.3 is 19.4 Å². The first-order chi connectivity index (χ1) is 13.6. The van der Waals surface area contributed by atoms with Gasteiger partial charge in [0.1, 0.15) is 5.75 Å². The Kier molecular flexibility index (Phi) is 4.25. The summed E-state index contributed by atoms with van der Waals surface area (Å²) in [6, 6.07) is 11.5. The molecule has 3 aromatic rings. The van der Waals surface area contributed by atoms with Crippen LogP contribution in [0.2, 0.25) is 0 Å². The van der Waals surface area contributed by atoms with E-state index in [0.717, 1.165) is 54.0 Å². The smallest absolute Gasteiger partial charge is 0.250 e. The van der Waals surface area contributed by atoms with Crippen LogP contribution in [0.5, 0.6) is 5.75 Å². The Balaban J connectivity index is 1.37.